The van der Waals surface area contributed by atoms with Crippen LogP contribution < -0.4 is 0 Å². The van der Waals surface area contributed by atoms with E-state index in [-0.39, 0.29) is 0 Å². The molecule has 1 nitrogen and oxygen atoms in total. The van der Waals surface area contributed by atoms with Gasteiger partial charge in [0.2, 0.25) is 0 Å². The van der Waals surface area contributed by atoms with Crippen LogP contribution in [0.5, 0.6) is 0 Å². The molecule has 0 fully saturated rings. The summed E-state index contributed by atoms with van der Waals surface area (Å²) in [6, 6.07) is 0. The van der Waals surface area contributed by atoms with Gasteiger partial charge in [-0.15, -0.1) is 17.5 Å². The lowest BCUT2D eigenvalue weighted by molar-refractivity contribution is 0.221. The van der Waals surface area contributed by atoms with Gasteiger partial charge in [0.1, 0.15) is 6.10 Å². The molecule has 0 aromatic heterocycles. The fourth-order valence-electron chi connectivity index (χ4n) is 1.20. The Morgan fingerprint density at radius 2 is 1.93 bits per heavy atom. The molecule has 0 aliphatic rings. The van der Waals surface area contributed by atoms with Crippen molar-refractivity contribution in [1.29, 1.82) is 0 Å². The van der Waals surface area contributed by atoms with Crippen molar-refractivity contribution in [3.63, 3.8) is 0 Å². The summed E-state index contributed by atoms with van der Waals surface area (Å²) in [5.74, 6) is 6.63. The molecule has 0 aromatic carbocycles. The largest absolute Gasteiger partial charge is 0.380 e. The molecule has 0 saturated heterocycles. The van der Waals surface area contributed by atoms with Crippen molar-refractivity contribution in [3.8, 4) is 11.8 Å². The molecule has 14 heavy (non-hydrogen) atoms. The van der Waals surface area contributed by atoms with Gasteiger partial charge < -0.3 is 5.11 Å². The van der Waals surface area contributed by atoms with E-state index in [4.69, 9.17) is 11.6 Å². The van der Waals surface area contributed by atoms with Gasteiger partial charge in [-0.3, -0.25) is 0 Å². The first kappa shape index (κ1) is 13.8. The molecular formula is C12H21ClO. The molecule has 1 unspecified atom stereocenters. The molecule has 0 amide bonds. The number of alkyl halides is 1. The van der Waals surface area contributed by atoms with E-state index < -0.39 is 6.10 Å². The second-order valence-corrected chi connectivity index (χ2v) is 3.86. The zero-order valence-electron chi connectivity index (χ0n) is 9.06. The number of hydrogen-bond donors (Lipinski definition) is 1. The van der Waals surface area contributed by atoms with Gasteiger partial charge in [-0.1, -0.05) is 32.1 Å². The molecule has 0 radical (unpaired) electrons. The third kappa shape index (κ3) is 9.89. The highest BCUT2D eigenvalue weighted by atomic mass is 35.5. The third-order valence-electron chi connectivity index (χ3n) is 2.02. The van der Waals surface area contributed by atoms with E-state index in [1.54, 1.807) is 0 Å². The zero-order chi connectivity index (χ0) is 10.6. The van der Waals surface area contributed by atoms with Crippen molar-refractivity contribution in [3.05, 3.63) is 0 Å². The average molecular weight is 217 g/mol. The number of halogens is 1. The normalized spacial score (nSPS) is 11.9. The molecule has 0 heterocycles. The highest BCUT2D eigenvalue weighted by molar-refractivity contribution is 6.17. The van der Waals surface area contributed by atoms with Crippen LogP contribution in [0.1, 0.15) is 51.9 Å². The molecule has 0 aliphatic carbocycles. The van der Waals surface area contributed by atoms with Crippen LogP contribution in [-0.2, 0) is 0 Å². The van der Waals surface area contributed by atoms with Gasteiger partial charge in [-0.2, -0.15) is 0 Å². The number of unbranched alkanes of at least 4 members (excludes halogenated alkanes) is 4. The highest BCUT2D eigenvalue weighted by Gasteiger charge is 1.94. The van der Waals surface area contributed by atoms with Gasteiger partial charge >= 0.3 is 0 Å². The van der Waals surface area contributed by atoms with Gasteiger partial charge in [-0.05, 0) is 19.3 Å². The first-order chi connectivity index (χ1) is 6.81. The standard InChI is InChI=1S/C12H21ClO/c1-2-9-12(14)10-7-5-3-4-6-8-11-13/h12,14H,2-6,8-9,11H2,1H3. The van der Waals surface area contributed by atoms with Crippen molar-refractivity contribution in [2.75, 3.05) is 5.88 Å². The Labute approximate surface area is 92.9 Å². The van der Waals surface area contributed by atoms with E-state index in [0.717, 1.165) is 38.0 Å². The van der Waals surface area contributed by atoms with Crippen LogP contribution in [0.25, 0.3) is 0 Å². The summed E-state index contributed by atoms with van der Waals surface area (Å²) in [5.41, 5.74) is 0. The molecule has 0 rings (SSSR count). The smallest absolute Gasteiger partial charge is 0.114 e. The summed E-state index contributed by atoms with van der Waals surface area (Å²) in [4.78, 5) is 0. The Morgan fingerprint density at radius 1 is 1.21 bits per heavy atom. The summed E-state index contributed by atoms with van der Waals surface area (Å²) in [6.45, 7) is 2.05. The lowest BCUT2D eigenvalue weighted by Gasteiger charge is -1.98. The molecule has 0 saturated carbocycles. The number of hydrogen-bond acceptors (Lipinski definition) is 1. The number of aliphatic hydroxyl groups excluding tert-OH is 1. The molecule has 0 spiro atoms. The van der Waals surface area contributed by atoms with E-state index in [1.807, 2.05) is 0 Å². The monoisotopic (exact) mass is 216 g/mol. The maximum absolute atomic E-state index is 9.30. The Kier molecular flexibility index (Phi) is 10.7. The van der Waals surface area contributed by atoms with Crippen LogP contribution in [0, 0.1) is 11.8 Å². The van der Waals surface area contributed by atoms with E-state index in [0.29, 0.717) is 0 Å². The minimum absolute atomic E-state index is 0.414. The second kappa shape index (κ2) is 10.9. The molecule has 0 aliphatic heterocycles. The van der Waals surface area contributed by atoms with Crippen LogP contribution in [0.2, 0.25) is 0 Å². The van der Waals surface area contributed by atoms with E-state index >= 15 is 0 Å². The van der Waals surface area contributed by atoms with Crippen molar-refractivity contribution in [2.24, 2.45) is 0 Å². The first-order valence-corrected chi connectivity index (χ1v) is 6.07. The summed E-state index contributed by atoms with van der Waals surface area (Å²) >= 11 is 5.56. The van der Waals surface area contributed by atoms with Gasteiger partial charge in [0.25, 0.3) is 0 Å². The Bertz CT molecular complexity index is 169. The third-order valence-corrected chi connectivity index (χ3v) is 2.28. The molecule has 82 valence electrons. The average Bonchev–Trinajstić information content (AvgIpc) is 2.17. The van der Waals surface area contributed by atoms with Crippen molar-refractivity contribution in [1.82, 2.24) is 0 Å². The maximum atomic E-state index is 9.30. The summed E-state index contributed by atoms with van der Waals surface area (Å²) in [7, 11) is 0. The van der Waals surface area contributed by atoms with E-state index in [2.05, 4.69) is 18.8 Å². The van der Waals surface area contributed by atoms with Gasteiger partial charge in [0, 0.05) is 12.3 Å². The Balaban J connectivity index is 3.24. The molecule has 2 heteroatoms. The lowest BCUT2D eigenvalue weighted by atomic mass is 10.1. The van der Waals surface area contributed by atoms with Crippen molar-refractivity contribution in [2.45, 2.75) is 58.0 Å². The second-order valence-electron chi connectivity index (χ2n) is 3.48. The van der Waals surface area contributed by atoms with E-state index in [1.165, 1.54) is 12.8 Å². The Hall–Kier alpha value is -0.190. The van der Waals surface area contributed by atoms with Gasteiger partial charge in [-0.25, -0.2) is 0 Å². The number of rotatable bonds is 7. The van der Waals surface area contributed by atoms with Crippen molar-refractivity contribution < 1.29 is 5.11 Å². The summed E-state index contributed by atoms with van der Waals surface area (Å²) in [6.07, 6.45) is 6.90. The molecule has 1 N–H and O–H groups in total. The molecular weight excluding hydrogens is 196 g/mol. The predicted molar refractivity (Wildman–Crippen MR) is 62.5 cm³/mol. The molecule has 0 bridgehead atoms. The van der Waals surface area contributed by atoms with Crippen molar-refractivity contribution >= 4 is 11.6 Å². The highest BCUT2D eigenvalue weighted by Crippen LogP contribution is 2.03. The molecule has 0 aromatic rings. The lowest BCUT2D eigenvalue weighted by Crippen LogP contribution is -2.00. The van der Waals surface area contributed by atoms with Crippen LogP contribution in [0.15, 0.2) is 0 Å². The fraction of sp³-hybridized carbons (Fsp3) is 0.833. The van der Waals surface area contributed by atoms with Crippen LogP contribution >= 0.6 is 11.6 Å². The molecule has 1 atom stereocenters. The minimum atomic E-state index is -0.414. The topological polar surface area (TPSA) is 20.2 Å². The summed E-state index contributed by atoms with van der Waals surface area (Å²) < 4.78 is 0. The Morgan fingerprint density at radius 3 is 2.57 bits per heavy atom. The summed E-state index contributed by atoms with van der Waals surface area (Å²) in [5, 5.41) is 9.30. The van der Waals surface area contributed by atoms with Crippen LogP contribution in [0.3, 0.4) is 0 Å². The zero-order valence-corrected chi connectivity index (χ0v) is 9.82. The van der Waals surface area contributed by atoms with E-state index in [9.17, 15) is 5.11 Å². The quantitative estimate of drug-likeness (QED) is 0.393. The SMILES string of the molecule is CCCC(O)C#CCCCCCCCl. The van der Waals surface area contributed by atoms with Gasteiger partial charge in [0.05, 0.1) is 0 Å². The first-order valence-electron chi connectivity index (χ1n) is 5.53. The minimum Gasteiger partial charge on any atom is -0.380 e. The van der Waals surface area contributed by atoms with Crippen LogP contribution in [-0.4, -0.2) is 17.1 Å². The number of aliphatic hydroxyl groups is 1. The maximum Gasteiger partial charge on any atom is 0.114 e. The van der Waals surface area contributed by atoms with Gasteiger partial charge in [0.15, 0.2) is 0 Å². The fourth-order valence-corrected chi connectivity index (χ4v) is 1.39. The predicted octanol–water partition coefficient (Wildman–Crippen LogP) is 3.34. The van der Waals surface area contributed by atoms with Crippen LogP contribution in [0.4, 0.5) is 0 Å².